The van der Waals surface area contributed by atoms with Gasteiger partial charge >= 0.3 is 24.8 Å². The van der Waals surface area contributed by atoms with E-state index in [2.05, 4.69) is 34.5 Å². The number of aryl methyl sites for hydroxylation is 2. The van der Waals surface area contributed by atoms with Crippen LogP contribution in [-0.4, -0.2) is 82.2 Å². The maximum atomic E-state index is 11.8. The number of esters is 1. The summed E-state index contributed by atoms with van der Waals surface area (Å²) in [6.45, 7) is 9.81. The maximum absolute atomic E-state index is 11.8. The average Bonchev–Trinajstić information content (AvgIpc) is 3.37. The van der Waals surface area contributed by atoms with E-state index in [1.54, 1.807) is 0 Å². The number of methoxy groups -OCH3 is 1. The van der Waals surface area contributed by atoms with E-state index in [1.807, 2.05) is 13.8 Å². The number of anilines is 2. The smallest absolute Gasteiger partial charge is 0.544 e. The number of nitrogens with zero attached hydrogens (tertiary/aromatic N) is 2. The molecule has 2 aliphatic rings. The van der Waals surface area contributed by atoms with Crippen molar-refractivity contribution >= 4 is 69.2 Å². The second-order valence-corrected chi connectivity index (χ2v) is 13.6. The van der Waals surface area contributed by atoms with Crippen molar-refractivity contribution in [2.75, 3.05) is 71.1 Å². The Morgan fingerprint density at radius 2 is 1.23 bits per heavy atom. The maximum Gasteiger partial charge on any atom is 1.00 e. The average molecular weight is 626 g/mol. The summed E-state index contributed by atoms with van der Waals surface area (Å²) in [5.74, 6) is -0.281. The summed E-state index contributed by atoms with van der Waals surface area (Å²) in [4.78, 5) is 30.0. The third-order valence-corrected chi connectivity index (χ3v) is 10.7. The van der Waals surface area contributed by atoms with Gasteiger partial charge in [0.05, 0.1) is 39.4 Å². The molecule has 0 saturated carbocycles. The third-order valence-electron chi connectivity index (χ3n) is 7.39. The Kier molecular flexibility index (Phi) is 14.6. The quantitative estimate of drug-likeness (QED) is 0.340. The molecule has 0 aliphatic carbocycles. The van der Waals surface area contributed by atoms with E-state index < -0.39 is 5.97 Å². The van der Waals surface area contributed by atoms with E-state index >= 15 is 0 Å². The molecule has 2 saturated heterocycles. The molecule has 4 heterocycles. The van der Waals surface area contributed by atoms with E-state index in [-0.39, 0.29) is 29.7 Å². The van der Waals surface area contributed by atoms with Crippen LogP contribution < -0.4 is 34.6 Å². The Labute approximate surface area is 267 Å². The number of ether oxygens (including phenoxy) is 1. The van der Waals surface area contributed by atoms with Gasteiger partial charge in [0.25, 0.3) is 0 Å². The Morgan fingerprint density at radius 3 is 1.60 bits per heavy atom. The summed E-state index contributed by atoms with van der Waals surface area (Å²) in [6.07, 6.45) is 4.62. The number of hydrogen-bond donors (Lipinski definition) is 2. The van der Waals surface area contributed by atoms with Gasteiger partial charge in [0, 0.05) is 22.8 Å². The monoisotopic (exact) mass is 624 g/mol. The molecule has 0 bridgehead atoms. The van der Waals surface area contributed by atoms with Crippen molar-refractivity contribution in [3.05, 3.63) is 29.6 Å². The van der Waals surface area contributed by atoms with Crippen LogP contribution in [0.2, 0.25) is 10.0 Å². The molecule has 13 heteroatoms. The van der Waals surface area contributed by atoms with Crippen molar-refractivity contribution in [3.8, 4) is 0 Å². The van der Waals surface area contributed by atoms with Gasteiger partial charge in [0.15, 0.2) is 0 Å². The fraction of sp³-hybridized carbons (Fsp3) is 0.630. The van der Waals surface area contributed by atoms with Gasteiger partial charge in [-0.2, -0.15) is 0 Å². The molecule has 0 amide bonds. The van der Waals surface area contributed by atoms with Crippen LogP contribution in [0.3, 0.4) is 0 Å². The summed E-state index contributed by atoms with van der Waals surface area (Å²) in [6, 6.07) is 0. The number of rotatable bonds is 8. The van der Waals surface area contributed by atoms with Gasteiger partial charge < -0.3 is 35.1 Å². The number of nitrogens with one attached hydrogen (secondary N) is 2. The zero-order chi connectivity index (χ0) is 28.7. The second-order valence-electron chi connectivity index (χ2n) is 10.4. The SMILES string of the molecule is COC(=O)c1sc(C)c(Cl)c1NCC1CCN(C)CC1.Cc1sc(C(=O)[O-])c(NCC2CCN(C)CC2)c1Cl.[Li+]. The van der Waals surface area contributed by atoms with Crippen LogP contribution in [0, 0.1) is 25.7 Å². The predicted octanol–water partition coefficient (Wildman–Crippen LogP) is 2.08. The first-order chi connectivity index (χ1) is 18.5. The molecule has 2 aliphatic heterocycles. The first kappa shape index (κ1) is 35.2. The van der Waals surface area contributed by atoms with Crippen LogP contribution in [-0.2, 0) is 4.74 Å². The molecule has 40 heavy (non-hydrogen) atoms. The van der Waals surface area contributed by atoms with Gasteiger partial charge in [-0.3, -0.25) is 0 Å². The molecule has 8 nitrogen and oxygen atoms in total. The molecule has 218 valence electrons. The van der Waals surface area contributed by atoms with E-state index in [9.17, 15) is 14.7 Å². The van der Waals surface area contributed by atoms with Gasteiger partial charge in [0.2, 0.25) is 0 Å². The first-order valence-electron chi connectivity index (χ1n) is 13.2. The largest absolute Gasteiger partial charge is 1.00 e. The van der Waals surface area contributed by atoms with Crippen molar-refractivity contribution in [3.63, 3.8) is 0 Å². The van der Waals surface area contributed by atoms with Crippen LogP contribution in [0.25, 0.3) is 0 Å². The topological polar surface area (TPSA) is 97.0 Å². The summed E-state index contributed by atoms with van der Waals surface area (Å²) >= 11 is 15.0. The molecule has 0 atom stereocenters. The van der Waals surface area contributed by atoms with Gasteiger partial charge in [-0.05, 0) is 91.6 Å². The minimum Gasteiger partial charge on any atom is -0.544 e. The van der Waals surface area contributed by atoms with Gasteiger partial charge in [0.1, 0.15) is 4.88 Å². The zero-order valence-electron chi connectivity index (χ0n) is 24.3. The number of thiophene rings is 2. The van der Waals surface area contributed by atoms with Gasteiger partial charge in [-0.25, -0.2) is 4.79 Å². The van der Waals surface area contributed by atoms with Crippen LogP contribution >= 0.6 is 45.9 Å². The fourth-order valence-electron chi connectivity index (χ4n) is 4.77. The minimum absolute atomic E-state index is 0. The molecule has 0 aromatic carbocycles. The summed E-state index contributed by atoms with van der Waals surface area (Å²) in [7, 11) is 5.67. The number of likely N-dealkylation sites (tertiary alicyclic amines) is 2. The predicted molar refractivity (Wildman–Crippen MR) is 161 cm³/mol. The van der Waals surface area contributed by atoms with E-state index in [0.717, 1.165) is 67.6 Å². The number of carbonyl (C=O) groups excluding carboxylic acids is 2. The normalized spacial score (nSPS) is 17.0. The van der Waals surface area contributed by atoms with E-state index in [0.29, 0.717) is 32.4 Å². The van der Waals surface area contributed by atoms with Crippen molar-refractivity contribution in [2.24, 2.45) is 11.8 Å². The van der Waals surface area contributed by atoms with E-state index in [1.165, 1.54) is 42.6 Å². The number of hydrogen-bond acceptors (Lipinski definition) is 10. The fourth-order valence-corrected chi connectivity index (χ4v) is 7.23. The molecule has 2 aromatic heterocycles. The summed E-state index contributed by atoms with van der Waals surface area (Å²) < 4.78 is 4.82. The molecule has 2 aromatic rings. The van der Waals surface area contributed by atoms with Crippen molar-refractivity contribution in [1.29, 1.82) is 0 Å². The number of carbonyl (C=O) groups is 2. The van der Waals surface area contributed by atoms with E-state index in [4.69, 9.17) is 27.9 Å². The number of carboxylic acids is 1. The number of halogens is 2. The Morgan fingerprint density at radius 1 is 0.850 bits per heavy atom. The number of carboxylic acid groups (broad SMARTS) is 1. The third kappa shape index (κ3) is 9.53. The Balaban J connectivity index is 0.000000274. The molecule has 2 N–H and O–H groups in total. The van der Waals surface area contributed by atoms with Crippen LogP contribution in [0.4, 0.5) is 11.4 Å². The van der Waals surface area contributed by atoms with Crippen LogP contribution in [0.1, 0.15) is 54.8 Å². The second kappa shape index (κ2) is 16.6. The molecule has 0 spiro atoms. The summed E-state index contributed by atoms with van der Waals surface area (Å²) in [5, 5.41) is 18.8. The first-order valence-corrected chi connectivity index (χ1v) is 15.6. The zero-order valence-corrected chi connectivity index (χ0v) is 27.5. The van der Waals surface area contributed by atoms with Gasteiger partial charge in [-0.15, -0.1) is 22.7 Å². The molecule has 4 rings (SSSR count). The standard InChI is InChI=1S/C14H21ClN2O2S.C13H19ClN2O2S.Li/c1-9-11(15)12(13(20-9)14(18)19-3)16-8-10-4-6-17(2)7-5-10;1-8-10(14)11(12(19-8)13(17)18)15-7-9-3-5-16(2)6-4-9;/h10,16H,4-8H2,1-3H3;9,15H,3-7H2,1-2H3,(H,17,18);/q;;+1/p-1. The molecule has 2 fully saturated rings. The minimum atomic E-state index is -1.16. The van der Waals surface area contributed by atoms with Crippen molar-refractivity contribution < 1.29 is 38.3 Å². The molecular formula is C27H39Cl2LiN4O4S2. The van der Waals surface area contributed by atoms with Crippen LogP contribution in [0.15, 0.2) is 0 Å². The molecule has 0 unspecified atom stereocenters. The van der Waals surface area contributed by atoms with Crippen molar-refractivity contribution in [2.45, 2.75) is 39.5 Å². The number of piperidine rings is 2. The number of aromatic carboxylic acids is 1. The Hall–Kier alpha value is -0.963. The molecule has 0 radical (unpaired) electrons. The van der Waals surface area contributed by atoms with Crippen molar-refractivity contribution in [1.82, 2.24) is 9.80 Å². The summed E-state index contributed by atoms with van der Waals surface area (Å²) in [5.41, 5.74) is 1.27. The van der Waals surface area contributed by atoms with Gasteiger partial charge in [-0.1, -0.05) is 23.2 Å². The van der Waals surface area contributed by atoms with Crippen LogP contribution in [0.5, 0.6) is 0 Å². The molecular weight excluding hydrogens is 586 g/mol. The Bertz CT molecular complexity index is 1130.